The zero-order valence-corrected chi connectivity index (χ0v) is 16.3. The highest BCUT2D eigenvalue weighted by atomic mass is 19.4. The Morgan fingerprint density at radius 2 is 2.06 bits per heavy atom. The first-order valence-corrected chi connectivity index (χ1v) is 9.01. The molecule has 0 aromatic heterocycles. The van der Waals surface area contributed by atoms with Crippen LogP contribution in [0, 0.1) is 16.7 Å². The number of carbonyl (C=O) groups is 1. The average Bonchev–Trinajstić information content (AvgIpc) is 2.89. The van der Waals surface area contributed by atoms with Crippen LogP contribution in [0.15, 0.2) is 47.4 Å². The fraction of sp³-hybridized carbons (Fsp3) is 0.350. The molecule has 0 fully saturated rings. The van der Waals surface area contributed by atoms with Crippen molar-refractivity contribution in [1.82, 2.24) is 5.01 Å². The van der Waals surface area contributed by atoms with Crippen LogP contribution in [-0.4, -0.2) is 40.2 Å². The van der Waals surface area contributed by atoms with E-state index in [4.69, 9.17) is 5.26 Å². The number of hydrogen-bond acceptors (Lipinski definition) is 5. The normalized spacial score (nSPS) is 24.6. The number of carbonyl (C=O) groups excluding carboxylic acids is 1. The smallest absolute Gasteiger partial charge is 0.378 e. The Balaban J connectivity index is 1.79. The minimum atomic E-state index is -4.82. The summed E-state index contributed by atoms with van der Waals surface area (Å²) in [5, 5.41) is 26.4. The summed E-state index contributed by atoms with van der Waals surface area (Å²) in [5.74, 6) is -2.64. The maximum absolute atomic E-state index is 14.4. The van der Waals surface area contributed by atoms with Gasteiger partial charge in [0.2, 0.25) is 5.97 Å². The lowest BCUT2D eigenvalue weighted by Gasteiger charge is -2.35. The fourth-order valence-electron chi connectivity index (χ4n) is 3.42. The lowest BCUT2D eigenvalue weighted by Crippen LogP contribution is -2.51. The number of alkyl halides is 3. The first kappa shape index (κ1) is 22.4. The van der Waals surface area contributed by atoms with Crippen LogP contribution in [0.4, 0.5) is 27.6 Å². The van der Waals surface area contributed by atoms with E-state index in [1.54, 1.807) is 0 Å². The van der Waals surface area contributed by atoms with Gasteiger partial charge in [0, 0.05) is 5.69 Å². The SMILES string of the molecule is CC12C=C(F)C=CC1N(C[C@](C)(O)C(=O)Nc1ccc(C#N)c(C(F)(F)F)c1)N=C2F. The van der Waals surface area contributed by atoms with E-state index >= 15 is 0 Å². The Kier molecular flexibility index (Phi) is 5.40. The Bertz CT molecular complexity index is 1050. The number of hydrogen-bond donors (Lipinski definition) is 2. The molecule has 1 amide bonds. The molecule has 2 unspecified atom stereocenters. The number of amides is 1. The second kappa shape index (κ2) is 7.46. The van der Waals surface area contributed by atoms with Crippen molar-refractivity contribution >= 4 is 17.6 Å². The number of hydrazone groups is 1. The molecular weight excluding hydrogens is 423 g/mol. The molecule has 2 N–H and O–H groups in total. The molecule has 6 nitrogen and oxygen atoms in total. The van der Waals surface area contributed by atoms with Gasteiger partial charge in [0.25, 0.3) is 5.91 Å². The van der Waals surface area contributed by atoms with Gasteiger partial charge in [-0.25, -0.2) is 4.39 Å². The number of nitrogens with one attached hydrogen (secondary N) is 1. The number of nitrogens with zero attached hydrogens (tertiary/aromatic N) is 3. The Labute approximate surface area is 174 Å². The zero-order chi connectivity index (χ0) is 23.2. The highest BCUT2D eigenvalue weighted by Crippen LogP contribution is 2.41. The molecule has 3 atom stereocenters. The minimum Gasteiger partial charge on any atom is -0.378 e. The van der Waals surface area contributed by atoms with Gasteiger partial charge in [0.15, 0.2) is 5.60 Å². The van der Waals surface area contributed by atoms with Gasteiger partial charge in [-0.1, -0.05) is 6.08 Å². The van der Waals surface area contributed by atoms with Crippen LogP contribution < -0.4 is 5.32 Å². The lowest BCUT2D eigenvalue weighted by molar-refractivity contribution is -0.138. The van der Waals surface area contributed by atoms with Crippen molar-refractivity contribution in [2.75, 3.05) is 11.9 Å². The van der Waals surface area contributed by atoms with Crippen LogP contribution >= 0.6 is 0 Å². The molecule has 0 saturated carbocycles. The standard InChI is InChI=1S/C20H17F5N4O2/c1-18-8-12(21)4-6-15(18)29(28-16(18)22)10-19(2,31)17(30)27-13-5-3-11(9-26)14(7-13)20(23,24)25/h3-8,15,31H,10H2,1-2H3,(H,27,30)/t15?,18?,19-/m0/s1. The van der Waals surface area contributed by atoms with Gasteiger partial charge in [0.05, 0.1) is 35.2 Å². The summed E-state index contributed by atoms with van der Waals surface area (Å²) in [4.78, 5) is 12.5. The zero-order valence-electron chi connectivity index (χ0n) is 16.3. The molecule has 3 rings (SSSR count). The summed E-state index contributed by atoms with van der Waals surface area (Å²) in [6.07, 6.45) is -1.33. The third-order valence-electron chi connectivity index (χ3n) is 5.13. The van der Waals surface area contributed by atoms with Gasteiger partial charge in [-0.15, -0.1) is 5.10 Å². The van der Waals surface area contributed by atoms with Gasteiger partial charge in [-0.05, 0) is 44.2 Å². The second-order valence-corrected chi connectivity index (χ2v) is 7.70. The van der Waals surface area contributed by atoms with Crippen LogP contribution in [0.25, 0.3) is 0 Å². The van der Waals surface area contributed by atoms with Crippen molar-refractivity contribution in [2.24, 2.45) is 10.5 Å². The maximum Gasteiger partial charge on any atom is 0.417 e. The van der Waals surface area contributed by atoms with E-state index < -0.39 is 58.6 Å². The quantitative estimate of drug-likeness (QED) is 0.700. The number of β-amino-alcohol motifs (C(OH)–C–C–N with tert-alkyl or cyclic N) is 1. The van der Waals surface area contributed by atoms with E-state index in [0.717, 1.165) is 36.2 Å². The molecule has 0 saturated heterocycles. The lowest BCUT2D eigenvalue weighted by atomic mass is 9.79. The third kappa shape index (κ3) is 4.16. The van der Waals surface area contributed by atoms with E-state index in [-0.39, 0.29) is 5.69 Å². The summed E-state index contributed by atoms with van der Waals surface area (Å²) in [6, 6.07) is 3.17. The summed E-state index contributed by atoms with van der Waals surface area (Å²) in [6.45, 7) is 1.97. The van der Waals surface area contributed by atoms with E-state index in [1.165, 1.54) is 19.1 Å². The van der Waals surface area contributed by atoms with E-state index in [9.17, 15) is 31.9 Å². The van der Waals surface area contributed by atoms with Gasteiger partial charge < -0.3 is 10.4 Å². The predicted molar refractivity (Wildman–Crippen MR) is 101 cm³/mol. The van der Waals surface area contributed by atoms with Crippen LogP contribution in [0.5, 0.6) is 0 Å². The Morgan fingerprint density at radius 3 is 2.68 bits per heavy atom. The van der Waals surface area contributed by atoms with Crippen LogP contribution in [0.1, 0.15) is 25.0 Å². The first-order valence-electron chi connectivity index (χ1n) is 9.01. The van der Waals surface area contributed by atoms with E-state index in [0.29, 0.717) is 6.07 Å². The monoisotopic (exact) mass is 440 g/mol. The van der Waals surface area contributed by atoms with E-state index in [1.807, 2.05) is 0 Å². The number of benzene rings is 1. The molecule has 0 spiro atoms. The number of nitriles is 1. The molecule has 164 valence electrons. The molecular formula is C20H17F5N4O2. The molecule has 2 aliphatic rings. The average molecular weight is 440 g/mol. The van der Waals surface area contributed by atoms with Crippen molar-refractivity contribution in [3.05, 3.63) is 53.4 Å². The minimum absolute atomic E-state index is 0.292. The van der Waals surface area contributed by atoms with Crippen LogP contribution in [0.3, 0.4) is 0 Å². The number of allylic oxidation sites excluding steroid dienone is 2. The van der Waals surface area contributed by atoms with E-state index in [2.05, 4.69) is 10.4 Å². The van der Waals surface area contributed by atoms with Crippen LogP contribution in [0.2, 0.25) is 0 Å². The molecule has 0 radical (unpaired) electrons. The molecule has 0 bridgehead atoms. The molecule has 1 aliphatic carbocycles. The maximum atomic E-state index is 14.4. The molecule has 1 aromatic carbocycles. The molecule has 1 aliphatic heterocycles. The van der Waals surface area contributed by atoms with Gasteiger partial charge in [0.1, 0.15) is 5.83 Å². The van der Waals surface area contributed by atoms with Crippen molar-refractivity contribution < 1.29 is 31.9 Å². The topological polar surface area (TPSA) is 88.7 Å². The number of fused-ring (bicyclic) bond motifs is 1. The molecule has 31 heavy (non-hydrogen) atoms. The number of aliphatic hydroxyl groups is 1. The highest BCUT2D eigenvalue weighted by molar-refractivity contribution is 5.97. The fourth-order valence-corrected chi connectivity index (χ4v) is 3.42. The molecule has 1 heterocycles. The second-order valence-electron chi connectivity index (χ2n) is 7.70. The van der Waals surface area contributed by atoms with Crippen molar-refractivity contribution in [1.29, 1.82) is 5.26 Å². The Hall–Kier alpha value is -3.26. The summed E-state index contributed by atoms with van der Waals surface area (Å²) < 4.78 is 67.3. The van der Waals surface area contributed by atoms with Crippen molar-refractivity contribution in [2.45, 2.75) is 31.7 Å². The van der Waals surface area contributed by atoms with Gasteiger partial charge in [-0.3, -0.25) is 9.80 Å². The summed E-state index contributed by atoms with van der Waals surface area (Å²) in [5.41, 5.74) is -5.77. The third-order valence-corrected chi connectivity index (χ3v) is 5.13. The van der Waals surface area contributed by atoms with Gasteiger partial charge in [-0.2, -0.15) is 22.8 Å². The van der Waals surface area contributed by atoms with Crippen molar-refractivity contribution in [3.8, 4) is 6.07 Å². The number of rotatable bonds is 4. The predicted octanol–water partition coefficient (Wildman–Crippen LogP) is 3.66. The summed E-state index contributed by atoms with van der Waals surface area (Å²) >= 11 is 0. The Morgan fingerprint density at radius 1 is 1.39 bits per heavy atom. The largest absolute Gasteiger partial charge is 0.417 e. The number of anilines is 1. The summed E-state index contributed by atoms with van der Waals surface area (Å²) in [7, 11) is 0. The number of halogens is 5. The first-order chi connectivity index (χ1) is 14.3. The van der Waals surface area contributed by atoms with Crippen molar-refractivity contribution in [3.63, 3.8) is 0 Å². The molecule has 1 aromatic rings. The van der Waals surface area contributed by atoms with Crippen LogP contribution in [-0.2, 0) is 11.0 Å². The van der Waals surface area contributed by atoms with Gasteiger partial charge >= 0.3 is 6.18 Å². The molecule has 11 heteroatoms. The highest BCUT2D eigenvalue weighted by Gasteiger charge is 2.50.